The standard InChI is InChI=1S/C28H32F2N4O2/c1-5-6-25(19-10-7-17(2)8-11-19)36-28(31-4)33-20-15-34(16-20)21-13-23(29)26(24(30)14-21)22-12-9-18(3)32-27(22)35/h6-8,10-11,13-14,20,22H,3,5,9,12,15-16H2,1-2,4H3,(H,31,33)(H,32,35)/b25-6+. The number of hydrogen-bond donors (Lipinski definition) is 2. The number of nitrogens with zero attached hydrogens (tertiary/aromatic N) is 2. The molecule has 2 heterocycles. The summed E-state index contributed by atoms with van der Waals surface area (Å²) in [7, 11) is 1.65. The number of aliphatic imine (C=N–C) groups is 1. The molecule has 4 rings (SSSR count). The number of carbonyl (C=O) groups is 1. The van der Waals surface area contributed by atoms with Gasteiger partial charge in [0.1, 0.15) is 17.4 Å². The first-order chi connectivity index (χ1) is 17.3. The molecule has 1 amide bonds. The zero-order valence-electron chi connectivity index (χ0n) is 20.9. The molecule has 190 valence electrons. The Balaban J connectivity index is 1.38. The fourth-order valence-corrected chi connectivity index (χ4v) is 4.46. The zero-order valence-corrected chi connectivity index (χ0v) is 20.9. The van der Waals surface area contributed by atoms with Gasteiger partial charge in [-0.1, -0.05) is 43.3 Å². The van der Waals surface area contributed by atoms with Crippen molar-refractivity contribution in [3.63, 3.8) is 0 Å². The maximum absolute atomic E-state index is 14.9. The van der Waals surface area contributed by atoms with E-state index < -0.39 is 23.5 Å². The minimum absolute atomic E-state index is 0.00512. The van der Waals surface area contributed by atoms with Gasteiger partial charge >= 0.3 is 0 Å². The lowest BCUT2D eigenvalue weighted by molar-refractivity contribution is -0.123. The second-order valence-electron chi connectivity index (χ2n) is 9.23. The number of rotatable bonds is 6. The molecule has 2 N–H and O–H groups in total. The van der Waals surface area contributed by atoms with Crippen LogP contribution in [0.4, 0.5) is 14.5 Å². The zero-order chi connectivity index (χ0) is 25.8. The Morgan fingerprint density at radius 2 is 1.92 bits per heavy atom. The van der Waals surface area contributed by atoms with E-state index in [-0.39, 0.29) is 11.6 Å². The average molecular weight is 495 g/mol. The van der Waals surface area contributed by atoms with E-state index in [1.165, 1.54) is 17.7 Å². The van der Waals surface area contributed by atoms with E-state index in [2.05, 4.69) is 22.2 Å². The Kier molecular flexibility index (Phi) is 7.72. The lowest BCUT2D eigenvalue weighted by Crippen LogP contribution is -2.59. The first kappa shape index (κ1) is 25.4. The highest BCUT2D eigenvalue weighted by molar-refractivity contribution is 5.86. The molecule has 6 nitrogen and oxygen atoms in total. The Hall–Kier alpha value is -3.68. The van der Waals surface area contributed by atoms with Gasteiger partial charge in [0.05, 0.1) is 12.0 Å². The quantitative estimate of drug-likeness (QED) is 0.337. The van der Waals surface area contributed by atoms with Gasteiger partial charge in [-0.05, 0) is 44.4 Å². The van der Waals surface area contributed by atoms with Crippen LogP contribution in [0.5, 0.6) is 0 Å². The lowest BCUT2D eigenvalue weighted by Gasteiger charge is -2.41. The largest absolute Gasteiger partial charge is 0.426 e. The summed E-state index contributed by atoms with van der Waals surface area (Å²) in [5, 5.41) is 5.86. The van der Waals surface area contributed by atoms with E-state index in [0.29, 0.717) is 43.3 Å². The van der Waals surface area contributed by atoms with E-state index in [1.807, 2.05) is 49.1 Å². The highest BCUT2D eigenvalue weighted by atomic mass is 19.1. The highest BCUT2D eigenvalue weighted by Gasteiger charge is 2.33. The highest BCUT2D eigenvalue weighted by Crippen LogP contribution is 2.34. The Morgan fingerprint density at radius 3 is 2.50 bits per heavy atom. The maximum atomic E-state index is 14.9. The van der Waals surface area contributed by atoms with Crippen LogP contribution in [0.25, 0.3) is 5.76 Å². The summed E-state index contributed by atoms with van der Waals surface area (Å²) in [6.07, 6.45) is 3.64. The van der Waals surface area contributed by atoms with Crippen LogP contribution in [0.3, 0.4) is 0 Å². The minimum Gasteiger partial charge on any atom is -0.426 e. The lowest BCUT2D eigenvalue weighted by atomic mass is 9.88. The summed E-state index contributed by atoms with van der Waals surface area (Å²) in [6, 6.07) is 11.1. The number of carbonyl (C=O) groups excluding carboxylic acids is 1. The molecule has 2 saturated heterocycles. The summed E-state index contributed by atoms with van der Waals surface area (Å²) in [5.74, 6) is -1.97. The molecule has 2 aliphatic heterocycles. The number of halogens is 2. The third-order valence-electron chi connectivity index (χ3n) is 6.47. The number of hydrogen-bond acceptors (Lipinski definition) is 4. The Labute approximate surface area is 210 Å². The first-order valence-electron chi connectivity index (χ1n) is 12.2. The molecule has 0 spiro atoms. The number of amidine groups is 1. The monoisotopic (exact) mass is 494 g/mol. The molecule has 1 atom stereocenters. The van der Waals surface area contributed by atoms with Crippen molar-refractivity contribution >= 4 is 23.4 Å². The number of nitrogens with one attached hydrogen (secondary N) is 2. The van der Waals surface area contributed by atoms with Crippen LogP contribution in [0.2, 0.25) is 0 Å². The second kappa shape index (κ2) is 10.9. The molecule has 2 aliphatic rings. The van der Waals surface area contributed by atoms with Crippen molar-refractivity contribution in [2.45, 2.75) is 45.1 Å². The number of aryl methyl sites for hydroxylation is 1. The van der Waals surface area contributed by atoms with Crippen molar-refractivity contribution in [2.75, 3.05) is 25.0 Å². The fraction of sp³-hybridized carbons (Fsp3) is 0.357. The van der Waals surface area contributed by atoms with Crippen molar-refractivity contribution in [2.24, 2.45) is 4.99 Å². The summed E-state index contributed by atoms with van der Waals surface area (Å²) < 4.78 is 35.9. The molecule has 2 aromatic rings. The van der Waals surface area contributed by atoms with Gasteiger partial charge in [0.25, 0.3) is 6.02 Å². The average Bonchev–Trinajstić information content (AvgIpc) is 2.81. The molecule has 0 saturated carbocycles. The third kappa shape index (κ3) is 5.58. The molecule has 1 unspecified atom stereocenters. The van der Waals surface area contributed by atoms with Gasteiger partial charge in [0, 0.05) is 42.6 Å². The molecule has 8 heteroatoms. The van der Waals surface area contributed by atoms with Crippen molar-refractivity contribution < 1.29 is 18.3 Å². The van der Waals surface area contributed by atoms with Crippen molar-refractivity contribution in [3.05, 3.63) is 83.1 Å². The molecule has 36 heavy (non-hydrogen) atoms. The predicted molar refractivity (Wildman–Crippen MR) is 139 cm³/mol. The maximum Gasteiger partial charge on any atom is 0.290 e. The molecule has 0 aliphatic carbocycles. The number of ether oxygens (including phenoxy) is 1. The van der Waals surface area contributed by atoms with Crippen LogP contribution in [-0.4, -0.2) is 38.1 Å². The predicted octanol–water partition coefficient (Wildman–Crippen LogP) is 5.01. The molecule has 2 aromatic carbocycles. The van der Waals surface area contributed by atoms with Crippen molar-refractivity contribution in [1.29, 1.82) is 0 Å². The van der Waals surface area contributed by atoms with Gasteiger partial charge in [0.2, 0.25) is 5.91 Å². The number of benzene rings is 2. The van der Waals surface area contributed by atoms with Gasteiger partial charge in [-0.15, -0.1) is 0 Å². The Bertz CT molecular complexity index is 1180. The van der Waals surface area contributed by atoms with Crippen LogP contribution < -0.4 is 15.5 Å². The number of piperidine rings is 1. The van der Waals surface area contributed by atoms with Crippen LogP contribution in [-0.2, 0) is 9.53 Å². The topological polar surface area (TPSA) is 66.0 Å². The van der Waals surface area contributed by atoms with E-state index in [1.54, 1.807) is 7.05 Å². The van der Waals surface area contributed by atoms with Crippen LogP contribution in [0.15, 0.2) is 59.7 Å². The van der Waals surface area contributed by atoms with E-state index in [9.17, 15) is 13.6 Å². The van der Waals surface area contributed by atoms with Gasteiger partial charge in [-0.25, -0.2) is 13.8 Å². The van der Waals surface area contributed by atoms with Crippen molar-refractivity contribution in [3.8, 4) is 0 Å². The van der Waals surface area contributed by atoms with Crippen molar-refractivity contribution in [1.82, 2.24) is 10.6 Å². The van der Waals surface area contributed by atoms with E-state index in [4.69, 9.17) is 4.74 Å². The first-order valence-corrected chi connectivity index (χ1v) is 12.2. The third-order valence-corrected chi connectivity index (χ3v) is 6.47. The number of anilines is 1. The van der Waals surface area contributed by atoms with E-state index >= 15 is 0 Å². The van der Waals surface area contributed by atoms with Crippen LogP contribution in [0, 0.1) is 18.6 Å². The fourth-order valence-electron chi connectivity index (χ4n) is 4.46. The summed E-state index contributed by atoms with van der Waals surface area (Å²) in [5.41, 5.74) is 2.96. The van der Waals surface area contributed by atoms with Crippen LogP contribution in [0.1, 0.15) is 48.8 Å². The van der Waals surface area contributed by atoms with Gasteiger partial charge < -0.3 is 20.3 Å². The molecule has 0 bridgehead atoms. The Morgan fingerprint density at radius 1 is 1.25 bits per heavy atom. The minimum atomic E-state index is -0.852. The number of allylic oxidation sites excluding steroid dienone is 2. The number of amides is 1. The summed E-state index contributed by atoms with van der Waals surface area (Å²) in [6.45, 7) is 8.85. The SMILES string of the molecule is C=C1CCC(c2c(F)cc(N3CC(NC(=NC)O/C(=C/CC)c4ccc(C)cc4)C3)cc2F)C(=O)N1. The molecular formula is C28H32F2N4O2. The molecule has 2 fully saturated rings. The summed E-state index contributed by atoms with van der Waals surface area (Å²) in [4.78, 5) is 18.3. The second-order valence-corrected chi connectivity index (χ2v) is 9.23. The molecular weight excluding hydrogens is 462 g/mol. The molecule has 0 radical (unpaired) electrons. The smallest absolute Gasteiger partial charge is 0.290 e. The van der Waals surface area contributed by atoms with Gasteiger partial charge in [-0.3, -0.25) is 4.79 Å². The molecule has 0 aromatic heterocycles. The van der Waals surface area contributed by atoms with Crippen LogP contribution >= 0.6 is 0 Å². The normalized spacial score (nSPS) is 19.1. The van der Waals surface area contributed by atoms with E-state index in [0.717, 1.165) is 17.7 Å². The van der Waals surface area contributed by atoms with Gasteiger partial charge in [0.15, 0.2) is 0 Å². The summed E-state index contributed by atoms with van der Waals surface area (Å²) >= 11 is 0. The van der Waals surface area contributed by atoms with Gasteiger partial charge in [-0.2, -0.15) is 0 Å².